The Morgan fingerprint density at radius 2 is 2.06 bits per heavy atom. The third-order valence-corrected chi connectivity index (χ3v) is 3.20. The van der Waals surface area contributed by atoms with Crippen molar-refractivity contribution in [3.8, 4) is 0 Å². The van der Waals surface area contributed by atoms with E-state index in [2.05, 4.69) is 17.2 Å². The molecule has 0 bridgehead atoms. The fraction of sp³-hybridized carbons (Fsp3) is 0.538. The summed E-state index contributed by atoms with van der Waals surface area (Å²) in [6, 6.07) is 4.12. The molecule has 2 rings (SSSR count). The number of piperidine rings is 1. The zero-order chi connectivity index (χ0) is 12.1. The van der Waals surface area contributed by atoms with Gasteiger partial charge >= 0.3 is 0 Å². The van der Waals surface area contributed by atoms with E-state index in [9.17, 15) is 4.79 Å². The van der Waals surface area contributed by atoms with Gasteiger partial charge in [-0.2, -0.15) is 0 Å². The lowest BCUT2D eigenvalue weighted by Gasteiger charge is -2.32. The van der Waals surface area contributed by atoms with Crippen LogP contribution in [0.3, 0.4) is 0 Å². The normalized spacial score (nSPS) is 17.1. The van der Waals surface area contributed by atoms with Crippen LogP contribution in [-0.2, 0) is 0 Å². The Hall–Kier alpha value is -1.42. The topological polar surface area (TPSA) is 45.2 Å². The highest BCUT2D eigenvalue weighted by Gasteiger charge is 2.22. The smallest absolute Gasteiger partial charge is 0.253 e. The molecule has 4 heteroatoms. The van der Waals surface area contributed by atoms with E-state index in [1.165, 1.54) is 0 Å². The Morgan fingerprint density at radius 3 is 2.65 bits per heavy atom. The molecule has 1 aromatic rings. The van der Waals surface area contributed by atoms with Gasteiger partial charge in [-0.15, -0.1) is 0 Å². The number of nitrogens with zero attached hydrogens (tertiary/aromatic N) is 2. The summed E-state index contributed by atoms with van der Waals surface area (Å²) in [5.74, 6) is 0.127. The maximum atomic E-state index is 12.1. The van der Waals surface area contributed by atoms with Crippen LogP contribution in [0.4, 0.5) is 0 Å². The Kier molecular flexibility index (Phi) is 4.09. The largest absolute Gasteiger partial charge is 0.339 e. The predicted octanol–water partition coefficient (Wildman–Crippen LogP) is 1.30. The lowest BCUT2D eigenvalue weighted by molar-refractivity contribution is 0.0706. The van der Waals surface area contributed by atoms with Crippen molar-refractivity contribution in [1.82, 2.24) is 15.2 Å². The summed E-state index contributed by atoms with van der Waals surface area (Å²) >= 11 is 0. The summed E-state index contributed by atoms with van der Waals surface area (Å²) in [7, 11) is 0. The van der Waals surface area contributed by atoms with Crippen molar-refractivity contribution in [1.29, 1.82) is 0 Å². The quantitative estimate of drug-likeness (QED) is 0.855. The van der Waals surface area contributed by atoms with Crippen molar-refractivity contribution >= 4 is 5.91 Å². The number of hydrogen-bond acceptors (Lipinski definition) is 3. The maximum Gasteiger partial charge on any atom is 0.253 e. The van der Waals surface area contributed by atoms with Crippen molar-refractivity contribution in [2.75, 3.05) is 19.6 Å². The highest BCUT2D eigenvalue weighted by Crippen LogP contribution is 2.13. The van der Waals surface area contributed by atoms with Gasteiger partial charge in [0.05, 0.1) is 0 Å². The number of carbonyl (C=O) groups is 1. The average Bonchev–Trinajstić information content (AvgIpc) is 2.40. The lowest BCUT2D eigenvalue weighted by atomic mass is 10.0. The molecule has 1 aromatic heterocycles. The molecule has 0 unspecified atom stereocenters. The molecule has 2 heterocycles. The van der Waals surface area contributed by atoms with Crippen LogP contribution in [0, 0.1) is 0 Å². The molecular formula is C13H19N3O. The molecule has 1 N–H and O–H groups in total. The van der Waals surface area contributed by atoms with Crippen LogP contribution >= 0.6 is 0 Å². The molecular weight excluding hydrogens is 214 g/mol. The molecule has 92 valence electrons. The number of carbonyl (C=O) groups excluding carboxylic acids is 1. The van der Waals surface area contributed by atoms with Crippen LogP contribution in [0.2, 0.25) is 0 Å². The Balaban J connectivity index is 1.91. The molecule has 0 atom stereocenters. The molecule has 0 saturated carbocycles. The summed E-state index contributed by atoms with van der Waals surface area (Å²) in [5.41, 5.74) is 0.738. The number of pyridine rings is 1. The van der Waals surface area contributed by atoms with Crippen LogP contribution < -0.4 is 5.32 Å². The molecule has 1 amide bonds. The van der Waals surface area contributed by atoms with Gasteiger partial charge in [0.25, 0.3) is 5.91 Å². The third-order valence-electron chi connectivity index (χ3n) is 3.20. The van der Waals surface area contributed by atoms with Gasteiger partial charge in [0, 0.05) is 37.1 Å². The molecule has 1 fully saturated rings. The minimum atomic E-state index is 0.127. The molecule has 1 saturated heterocycles. The first-order valence-electron chi connectivity index (χ1n) is 6.24. The van der Waals surface area contributed by atoms with Crippen LogP contribution in [-0.4, -0.2) is 41.5 Å². The van der Waals surface area contributed by atoms with E-state index in [1.54, 1.807) is 24.5 Å². The first kappa shape index (κ1) is 12.0. The van der Waals surface area contributed by atoms with Crippen molar-refractivity contribution in [2.45, 2.75) is 25.8 Å². The zero-order valence-corrected chi connectivity index (χ0v) is 10.2. The van der Waals surface area contributed by atoms with E-state index >= 15 is 0 Å². The summed E-state index contributed by atoms with van der Waals surface area (Å²) in [4.78, 5) is 18.0. The van der Waals surface area contributed by atoms with Gasteiger partial charge in [-0.3, -0.25) is 9.78 Å². The summed E-state index contributed by atoms with van der Waals surface area (Å²) in [6.07, 6.45) is 5.42. The maximum absolute atomic E-state index is 12.1. The Bertz CT molecular complexity index is 358. The van der Waals surface area contributed by atoms with E-state index in [0.717, 1.165) is 38.0 Å². The first-order valence-corrected chi connectivity index (χ1v) is 6.24. The van der Waals surface area contributed by atoms with Gasteiger partial charge in [-0.05, 0) is 31.5 Å². The minimum absolute atomic E-state index is 0.127. The Morgan fingerprint density at radius 1 is 1.41 bits per heavy atom. The molecule has 4 nitrogen and oxygen atoms in total. The van der Waals surface area contributed by atoms with Gasteiger partial charge in [0.2, 0.25) is 0 Å². The predicted molar refractivity (Wildman–Crippen MR) is 66.8 cm³/mol. The molecule has 17 heavy (non-hydrogen) atoms. The zero-order valence-electron chi connectivity index (χ0n) is 10.2. The number of hydrogen-bond donors (Lipinski definition) is 1. The molecule has 0 aliphatic carbocycles. The summed E-state index contributed by atoms with van der Waals surface area (Å²) < 4.78 is 0. The average molecular weight is 233 g/mol. The number of rotatable bonds is 3. The number of nitrogens with one attached hydrogen (secondary N) is 1. The van der Waals surface area contributed by atoms with Crippen LogP contribution in [0.1, 0.15) is 30.1 Å². The van der Waals surface area contributed by atoms with Crippen molar-refractivity contribution in [3.63, 3.8) is 0 Å². The highest BCUT2D eigenvalue weighted by molar-refractivity contribution is 5.94. The van der Waals surface area contributed by atoms with E-state index in [4.69, 9.17) is 0 Å². The monoisotopic (exact) mass is 233 g/mol. The molecule has 1 aliphatic rings. The van der Waals surface area contributed by atoms with Crippen molar-refractivity contribution in [3.05, 3.63) is 30.1 Å². The fourth-order valence-corrected chi connectivity index (χ4v) is 2.25. The van der Waals surface area contributed by atoms with Gasteiger partial charge in [-0.25, -0.2) is 0 Å². The second kappa shape index (κ2) is 5.77. The van der Waals surface area contributed by atoms with Crippen molar-refractivity contribution in [2.24, 2.45) is 0 Å². The first-order chi connectivity index (χ1) is 8.31. The lowest BCUT2D eigenvalue weighted by Crippen LogP contribution is -2.44. The van der Waals surface area contributed by atoms with E-state index in [1.807, 2.05) is 4.90 Å². The van der Waals surface area contributed by atoms with Gasteiger partial charge < -0.3 is 10.2 Å². The van der Waals surface area contributed by atoms with E-state index in [0.29, 0.717) is 6.04 Å². The Labute approximate surface area is 102 Å². The minimum Gasteiger partial charge on any atom is -0.339 e. The number of aromatic nitrogens is 1. The third kappa shape index (κ3) is 3.03. The van der Waals surface area contributed by atoms with Crippen molar-refractivity contribution < 1.29 is 4.79 Å². The van der Waals surface area contributed by atoms with Crippen LogP contribution in [0.5, 0.6) is 0 Å². The summed E-state index contributed by atoms with van der Waals surface area (Å²) in [5, 5.41) is 3.44. The van der Waals surface area contributed by atoms with E-state index in [-0.39, 0.29) is 5.91 Å². The molecule has 0 spiro atoms. The second-order valence-electron chi connectivity index (χ2n) is 4.36. The number of likely N-dealkylation sites (tertiary alicyclic amines) is 1. The standard InChI is InChI=1S/C13H19N3O/c1-2-15-12-5-9-16(10-6-12)13(17)11-3-7-14-8-4-11/h3-4,7-8,12,15H,2,5-6,9-10H2,1H3. The summed E-state index contributed by atoms with van der Waals surface area (Å²) in [6.45, 7) is 4.81. The van der Waals surface area contributed by atoms with Crippen LogP contribution in [0.15, 0.2) is 24.5 Å². The molecule has 0 aromatic carbocycles. The number of amides is 1. The highest BCUT2D eigenvalue weighted by atomic mass is 16.2. The van der Waals surface area contributed by atoms with Gasteiger partial charge in [0.1, 0.15) is 0 Å². The molecule has 1 aliphatic heterocycles. The molecule has 0 radical (unpaired) electrons. The van der Waals surface area contributed by atoms with E-state index < -0.39 is 0 Å². The fourth-order valence-electron chi connectivity index (χ4n) is 2.25. The SMILES string of the molecule is CCNC1CCN(C(=O)c2ccncc2)CC1. The van der Waals surface area contributed by atoms with Gasteiger partial charge in [-0.1, -0.05) is 6.92 Å². The second-order valence-corrected chi connectivity index (χ2v) is 4.36. The van der Waals surface area contributed by atoms with Gasteiger partial charge in [0.15, 0.2) is 0 Å². The van der Waals surface area contributed by atoms with Crippen LogP contribution in [0.25, 0.3) is 0 Å².